The van der Waals surface area contributed by atoms with Crippen molar-refractivity contribution < 1.29 is 14.3 Å². The van der Waals surface area contributed by atoms with E-state index in [4.69, 9.17) is 4.74 Å². The number of carbonyl (C=O) groups is 1. The molecule has 0 saturated heterocycles. The average Bonchev–Trinajstić information content (AvgIpc) is 3.05. The number of carbonyl (C=O) groups excluding carboxylic acids is 1. The minimum atomic E-state index is -0.137. The zero-order chi connectivity index (χ0) is 10.9. The van der Waals surface area contributed by atoms with E-state index in [2.05, 4.69) is 10.1 Å². The molecule has 0 spiro atoms. The van der Waals surface area contributed by atoms with Gasteiger partial charge in [-0.15, -0.1) is 0 Å². The summed E-state index contributed by atoms with van der Waals surface area (Å²) in [6, 6.07) is 0. The highest BCUT2D eigenvalue weighted by molar-refractivity contribution is 5.68. The van der Waals surface area contributed by atoms with Crippen LogP contribution in [0.15, 0.2) is 0 Å². The molecule has 0 aromatic carbocycles. The van der Waals surface area contributed by atoms with Crippen LogP contribution in [0.1, 0.15) is 25.7 Å². The fourth-order valence-electron chi connectivity index (χ4n) is 1.26. The molecule has 1 N–H and O–H groups in total. The zero-order valence-corrected chi connectivity index (χ0v) is 9.46. The number of rotatable bonds is 9. The predicted octanol–water partition coefficient (Wildman–Crippen LogP) is 0.956. The van der Waals surface area contributed by atoms with Crippen molar-refractivity contribution in [3.8, 4) is 0 Å². The minimum absolute atomic E-state index is 0.137. The second-order valence-electron chi connectivity index (χ2n) is 3.95. The van der Waals surface area contributed by atoms with Crippen LogP contribution >= 0.6 is 0 Å². The summed E-state index contributed by atoms with van der Waals surface area (Å²) in [5.41, 5.74) is 0. The topological polar surface area (TPSA) is 47.6 Å². The van der Waals surface area contributed by atoms with Crippen LogP contribution in [0.25, 0.3) is 0 Å². The Hall–Kier alpha value is -0.610. The predicted molar refractivity (Wildman–Crippen MR) is 57.7 cm³/mol. The van der Waals surface area contributed by atoms with Crippen molar-refractivity contribution in [2.75, 3.05) is 33.4 Å². The first-order valence-electron chi connectivity index (χ1n) is 5.68. The average molecular weight is 215 g/mol. The van der Waals surface area contributed by atoms with Crippen molar-refractivity contribution in [3.63, 3.8) is 0 Å². The van der Waals surface area contributed by atoms with E-state index >= 15 is 0 Å². The summed E-state index contributed by atoms with van der Waals surface area (Å²) in [6.45, 7) is 3.41. The lowest BCUT2D eigenvalue weighted by Gasteiger charge is -2.05. The van der Waals surface area contributed by atoms with Gasteiger partial charge in [0.1, 0.15) is 0 Å². The molecule has 1 saturated carbocycles. The van der Waals surface area contributed by atoms with Crippen LogP contribution in [0.2, 0.25) is 0 Å². The van der Waals surface area contributed by atoms with Gasteiger partial charge in [-0.2, -0.15) is 0 Å². The molecule has 0 aromatic heterocycles. The molecule has 1 aliphatic rings. The number of hydrogen-bond acceptors (Lipinski definition) is 4. The summed E-state index contributed by atoms with van der Waals surface area (Å²) < 4.78 is 9.99. The molecule has 0 heterocycles. The largest absolute Gasteiger partial charge is 0.469 e. The van der Waals surface area contributed by atoms with Crippen molar-refractivity contribution in [1.29, 1.82) is 0 Å². The molecule has 4 heteroatoms. The van der Waals surface area contributed by atoms with E-state index in [1.54, 1.807) is 0 Å². The summed E-state index contributed by atoms with van der Waals surface area (Å²) in [4.78, 5) is 10.8. The standard InChI is InChI=1S/C11H21NO3/c1-14-11(13)3-2-6-12-7-8-15-9-10-4-5-10/h10,12H,2-9H2,1H3. The van der Waals surface area contributed by atoms with Gasteiger partial charge in [-0.3, -0.25) is 4.79 Å². The Balaban J connectivity index is 1.70. The monoisotopic (exact) mass is 215 g/mol. The number of nitrogens with one attached hydrogen (secondary N) is 1. The van der Waals surface area contributed by atoms with E-state index in [-0.39, 0.29) is 5.97 Å². The van der Waals surface area contributed by atoms with E-state index in [9.17, 15) is 4.79 Å². The Labute approximate surface area is 91.3 Å². The first kappa shape index (κ1) is 12.5. The van der Waals surface area contributed by atoms with Crippen molar-refractivity contribution in [2.45, 2.75) is 25.7 Å². The molecule has 0 atom stereocenters. The van der Waals surface area contributed by atoms with Crippen molar-refractivity contribution in [2.24, 2.45) is 5.92 Å². The molecular formula is C11H21NO3. The van der Waals surface area contributed by atoms with E-state index in [1.807, 2.05) is 0 Å². The molecule has 0 aromatic rings. The van der Waals surface area contributed by atoms with Gasteiger partial charge in [-0.1, -0.05) is 0 Å². The van der Waals surface area contributed by atoms with Crippen LogP contribution in [0.3, 0.4) is 0 Å². The molecule has 1 rings (SSSR count). The van der Waals surface area contributed by atoms with Gasteiger partial charge in [0.2, 0.25) is 0 Å². The highest BCUT2D eigenvalue weighted by Gasteiger charge is 2.20. The van der Waals surface area contributed by atoms with Crippen molar-refractivity contribution in [1.82, 2.24) is 5.32 Å². The summed E-state index contributed by atoms with van der Waals surface area (Å²) in [7, 11) is 1.42. The molecule has 0 radical (unpaired) electrons. The first-order chi connectivity index (χ1) is 7.33. The molecular weight excluding hydrogens is 194 g/mol. The van der Waals surface area contributed by atoms with Gasteiger partial charge >= 0.3 is 5.97 Å². The molecule has 0 unspecified atom stereocenters. The minimum Gasteiger partial charge on any atom is -0.469 e. The summed E-state index contributed by atoms with van der Waals surface area (Å²) in [6.07, 6.45) is 4.00. The number of esters is 1. The quantitative estimate of drug-likeness (QED) is 0.459. The Morgan fingerprint density at radius 1 is 1.40 bits per heavy atom. The van der Waals surface area contributed by atoms with Crippen LogP contribution < -0.4 is 5.32 Å². The third-order valence-corrected chi connectivity index (χ3v) is 2.44. The van der Waals surface area contributed by atoms with Gasteiger partial charge in [0.15, 0.2) is 0 Å². The summed E-state index contributed by atoms with van der Waals surface area (Å²) >= 11 is 0. The Kier molecular flexibility index (Phi) is 6.36. The lowest BCUT2D eigenvalue weighted by atomic mass is 10.3. The molecule has 88 valence electrons. The molecule has 0 bridgehead atoms. The third-order valence-electron chi connectivity index (χ3n) is 2.44. The maximum atomic E-state index is 10.8. The normalized spacial score (nSPS) is 15.3. The SMILES string of the molecule is COC(=O)CCCNCCOCC1CC1. The van der Waals surface area contributed by atoms with Gasteiger partial charge in [0.05, 0.1) is 13.7 Å². The maximum Gasteiger partial charge on any atom is 0.305 e. The fraction of sp³-hybridized carbons (Fsp3) is 0.909. The molecule has 0 amide bonds. The fourth-order valence-corrected chi connectivity index (χ4v) is 1.26. The summed E-state index contributed by atoms with van der Waals surface area (Å²) in [5, 5.41) is 3.23. The summed E-state index contributed by atoms with van der Waals surface area (Å²) in [5.74, 6) is 0.700. The zero-order valence-electron chi connectivity index (χ0n) is 9.46. The maximum absolute atomic E-state index is 10.8. The van der Waals surface area contributed by atoms with Crippen LogP contribution in [0, 0.1) is 5.92 Å². The Morgan fingerprint density at radius 3 is 2.87 bits per heavy atom. The highest BCUT2D eigenvalue weighted by Crippen LogP contribution is 2.28. The van der Waals surface area contributed by atoms with Gasteiger partial charge in [-0.05, 0) is 31.7 Å². The Bertz CT molecular complexity index is 181. The Morgan fingerprint density at radius 2 is 2.20 bits per heavy atom. The second-order valence-corrected chi connectivity index (χ2v) is 3.95. The third kappa shape index (κ3) is 7.33. The van der Waals surface area contributed by atoms with Gasteiger partial charge in [-0.25, -0.2) is 0 Å². The highest BCUT2D eigenvalue weighted by atomic mass is 16.5. The van der Waals surface area contributed by atoms with Crippen LogP contribution in [0.4, 0.5) is 0 Å². The van der Waals surface area contributed by atoms with E-state index in [0.29, 0.717) is 6.42 Å². The van der Waals surface area contributed by atoms with Gasteiger partial charge in [0, 0.05) is 19.6 Å². The number of hydrogen-bond donors (Lipinski definition) is 1. The van der Waals surface area contributed by atoms with Crippen molar-refractivity contribution in [3.05, 3.63) is 0 Å². The second kappa shape index (κ2) is 7.65. The van der Waals surface area contributed by atoms with E-state index in [1.165, 1.54) is 20.0 Å². The van der Waals surface area contributed by atoms with Crippen LogP contribution in [0.5, 0.6) is 0 Å². The smallest absolute Gasteiger partial charge is 0.305 e. The van der Waals surface area contributed by atoms with Gasteiger partial charge in [0.25, 0.3) is 0 Å². The van der Waals surface area contributed by atoms with Crippen molar-refractivity contribution >= 4 is 5.97 Å². The lowest BCUT2D eigenvalue weighted by Crippen LogP contribution is -2.22. The molecule has 15 heavy (non-hydrogen) atoms. The molecule has 0 aliphatic heterocycles. The molecule has 1 fully saturated rings. The van der Waals surface area contributed by atoms with Crippen LogP contribution in [-0.2, 0) is 14.3 Å². The van der Waals surface area contributed by atoms with E-state index < -0.39 is 0 Å². The van der Waals surface area contributed by atoms with E-state index in [0.717, 1.165) is 38.6 Å². The molecule has 1 aliphatic carbocycles. The first-order valence-corrected chi connectivity index (χ1v) is 5.68. The number of methoxy groups -OCH3 is 1. The number of ether oxygens (including phenoxy) is 2. The van der Waals surface area contributed by atoms with Gasteiger partial charge < -0.3 is 14.8 Å². The van der Waals surface area contributed by atoms with Crippen LogP contribution in [-0.4, -0.2) is 39.4 Å². The molecule has 4 nitrogen and oxygen atoms in total. The lowest BCUT2D eigenvalue weighted by molar-refractivity contribution is -0.140.